The molecule has 0 bridgehead atoms. The molecule has 0 aromatic heterocycles. The Hall–Kier alpha value is 0.360. The molecule has 3 N–H and O–H groups in total. The summed E-state index contributed by atoms with van der Waals surface area (Å²) >= 11 is 11.2. The first kappa shape index (κ1) is 27.4. The number of rotatable bonds is 18. The predicted molar refractivity (Wildman–Crippen MR) is 118 cm³/mol. The van der Waals surface area contributed by atoms with Crippen LogP contribution < -0.4 is 0 Å². The van der Waals surface area contributed by atoms with Gasteiger partial charge in [-0.2, -0.15) is 0 Å². The van der Waals surface area contributed by atoms with Crippen molar-refractivity contribution < 1.29 is 29.6 Å². The minimum absolute atomic E-state index is 0.116. The van der Waals surface area contributed by atoms with Crippen LogP contribution in [0.5, 0.6) is 0 Å². The molecule has 2 unspecified atom stereocenters. The second-order valence-electron chi connectivity index (χ2n) is 6.96. The average Bonchev–Trinajstić information content (AvgIpc) is 2.66. The molecule has 0 fully saturated rings. The summed E-state index contributed by atoms with van der Waals surface area (Å²) in [5.74, 6) is -1.92. The monoisotopic (exact) mass is 584 g/mol. The van der Waals surface area contributed by atoms with Gasteiger partial charge >= 0.3 is 11.9 Å². The first-order chi connectivity index (χ1) is 12.8. The van der Waals surface area contributed by atoms with Crippen LogP contribution in [0.1, 0.15) is 51.4 Å². The van der Waals surface area contributed by atoms with Crippen LogP contribution in [0.2, 0.25) is 0 Å². The summed E-state index contributed by atoms with van der Waals surface area (Å²) in [5, 5.41) is 28.3. The van der Waals surface area contributed by atoms with Gasteiger partial charge in [-0.15, -0.1) is 11.6 Å². The highest BCUT2D eigenvalue weighted by atomic mass is 127. The van der Waals surface area contributed by atoms with Crippen molar-refractivity contribution in [2.75, 3.05) is 35.5 Å². The topological polar surface area (TPSA) is 104 Å². The van der Waals surface area contributed by atoms with E-state index in [0.29, 0.717) is 35.8 Å². The van der Waals surface area contributed by atoms with Crippen LogP contribution >= 0.6 is 50.1 Å². The standard InChI is InChI=1S/C18H31BrClIO6/c19-11-17(13-21,15(23)24)7-4-2-1-3-5-9-27-10-6-8-18(12-20,14-22)16(25)26/h22H,1-14H2,(H,23,24)(H,25,26). The van der Waals surface area contributed by atoms with E-state index in [2.05, 4.69) is 38.5 Å². The fourth-order valence-corrected chi connectivity index (χ4v) is 5.39. The van der Waals surface area contributed by atoms with Crippen molar-refractivity contribution in [3.63, 3.8) is 0 Å². The molecule has 0 saturated heterocycles. The lowest BCUT2D eigenvalue weighted by atomic mass is 9.86. The number of hydrogen-bond acceptors (Lipinski definition) is 4. The molecule has 27 heavy (non-hydrogen) atoms. The van der Waals surface area contributed by atoms with E-state index in [9.17, 15) is 19.8 Å². The van der Waals surface area contributed by atoms with Crippen LogP contribution in [-0.4, -0.2) is 62.7 Å². The van der Waals surface area contributed by atoms with Crippen molar-refractivity contribution in [3.05, 3.63) is 0 Å². The molecule has 0 saturated carbocycles. The Morgan fingerprint density at radius 2 is 1.44 bits per heavy atom. The molecule has 0 aromatic rings. The molecule has 0 heterocycles. The Kier molecular flexibility index (Phi) is 15.4. The van der Waals surface area contributed by atoms with Crippen LogP contribution in [0.3, 0.4) is 0 Å². The van der Waals surface area contributed by atoms with Crippen molar-refractivity contribution in [1.82, 2.24) is 0 Å². The van der Waals surface area contributed by atoms with Crippen molar-refractivity contribution in [1.29, 1.82) is 0 Å². The lowest BCUT2D eigenvalue weighted by molar-refractivity contribution is -0.150. The molecular weight excluding hydrogens is 554 g/mol. The molecule has 0 aliphatic rings. The summed E-state index contributed by atoms with van der Waals surface area (Å²) in [6.45, 7) is 0.601. The van der Waals surface area contributed by atoms with E-state index in [0.717, 1.165) is 32.1 Å². The second kappa shape index (κ2) is 15.2. The normalized spacial score (nSPS) is 15.9. The van der Waals surface area contributed by atoms with Crippen LogP contribution in [0.15, 0.2) is 0 Å². The quantitative estimate of drug-likeness (QED) is 0.126. The van der Waals surface area contributed by atoms with E-state index < -0.39 is 29.4 Å². The summed E-state index contributed by atoms with van der Waals surface area (Å²) in [6, 6.07) is 0. The number of carboxylic acids is 2. The molecule has 160 valence electrons. The van der Waals surface area contributed by atoms with Gasteiger partial charge in [0.25, 0.3) is 0 Å². The van der Waals surface area contributed by atoms with Gasteiger partial charge in [0.15, 0.2) is 0 Å². The number of aliphatic hydroxyl groups excluding tert-OH is 1. The molecule has 9 heteroatoms. The van der Waals surface area contributed by atoms with Gasteiger partial charge in [-0.1, -0.05) is 64.2 Å². The van der Waals surface area contributed by atoms with E-state index in [1.165, 1.54) is 0 Å². The van der Waals surface area contributed by atoms with Crippen molar-refractivity contribution in [3.8, 4) is 0 Å². The number of carbonyl (C=O) groups is 2. The van der Waals surface area contributed by atoms with Gasteiger partial charge in [0.05, 0.1) is 12.0 Å². The molecule has 0 amide bonds. The van der Waals surface area contributed by atoms with Gasteiger partial charge in [-0.05, 0) is 25.7 Å². The zero-order chi connectivity index (χ0) is 20.8. The van der Waals surface area contributed by atoms with Crippen LogP contribution in [0.25, 0.3) is 0 Å². The third kappa shape index (κ3) is 9.60. The number of halogens is 3. The van der Waals surface area contributed by atoms with Gasteiger partial charge in [0.1, 0.15) is 5.41 Å². The van der Waals surface area contributed by atoms with Gasteiger partial charge in [0, 0.05) is 28.9 Å². The van der Waals surface area contributed by atoms with E-state index in [1.807, 2.05) is 0 Å². The largest absolute Gasteiger partial charge is 0.481 e. The number of hydrogen-bond donors (Lipinski definition) is 3. The maximum Gasteiger partial charge on any atom is 0.313 e. The summed E-state index contributed by atoms with van der Waals surface area (Å²) in [5.41, 5.74) is -1.93. The van der Waals surface area contributed by atoms with E-state index in [1.54, 1.807) is 0 Å². The van der Waals surface area contributed by atoms with Crippen molar-refractivity contribution in [2.45, 2.75) is 51.4 Å². The number of ether oxygens (including phenoxy) is 1. The fourth-order valence-electron chi connectivity index (χ4n) is 2.62. The molecule has 0 spiro atoms. The maximum atomic E-state index is 11.4. The summed E-state index contributed by atoms with van der Waals surface area (Å²) < 4.78 is 6.12. The first-order valence-corrected chi connectivity index (χ1v) is 12.4. The third-order valence-electron chi connectivity index (χ3n) is 4.87. The Morgan fingerprint density at radius 3 is 1.93 bits per heavy atom. The van der Waals surface area contributed by atoms with Gasteiger partial charge < -0.3 is 20.1 Å². The minimum atomic E-state index is -1.27. The highest BCUT2D eigenvalue weighted by Crippen LogP contribution is 2.30. The zero-order valence-corrected chi connectivity index (χ0v) is 20.1. The Bertz CT molecular complexity index is 392. The smallest absolute Gasteiger partial charge is 0.313 e. The minimum Gasteiger partial charge on any atom is -0.481 e. The van der Waals surface area contributed by atoms with E-state index in [4.69, 9.17) is 21.4 Å². The molecule has 2 atom stereocenters. The molecule has 0 radical (unpaired) electrons. The lowest BCUT2D eigenvalue weighted by Gasteiger charge is -2.24. The molecule has 0 aliphatic carbocycles. The maximum absolute atomic E-state index is 11.4. The van der Waals surface area contributed by atoms with Crippen LogP contribution in [0, 0.1) is 10.8 Å². The first-order valence-electron chi connectivity index (χ1n) is 9.17. The van der Waals surface area contributed by atoms with Gasteiger partial charge in [0.2, 0.25) is 0 Å². The van der Waals surface area contributed by atoms with Gasteiger partial charge in [-0.25, -0.2) is 0 Å². The van der Waals surface area contributed by atoms with Gasteiger partial charge in [-0.3, -0.25) is 9.59 Å². The number of unbranched alkanes of at least 4 members (excludes halogenated alkanes) is 4. The van der Waals surface area contributed by atoms with Crippen molar-refractivity contribution in [2.24, 2.45) is 10.8 Å². The summed E-state index contributed by atoms with van der Waals surface area (Å²) in [7, 11) is 0. The SMILES string of the molecule is O=C(O)C(CO)(CCl)CCCOCCCCCCCC(CBr)(CI)C(=O)O. The average molecular weight is 586 g/mol. The number of carboxylic acid groups (broad SMARTS) is 2. The molecule has 6 nitrogen and oxygen atoms in total. The fraction of sp³-hybridized carbons (Fsp3) is 0.889. The summed E-state index contributed by atoms with van der Waals surface area (Å²) in [6.07, 6.45) is 6.41. The highest BCUT2D eigenvalue weighted by Gasteiger charge is 2.37. The summed E-state index contributed by atoms with van der Waals surface area (Å²) in [4.78, 5) is 22.6. The zero-order valence-electron chi connectivity index (χ0n) is 15.6. The van der Waals surface area contributed by atoms with Crippen LogP contribution in [-0.2, 0) is 14.3 Å². The number of aliphatic carboxylic acids is 2. The molecular formula is C18H31BrClIO6. The predicted octanol–water partition coefficient (Wildman–Crippen LogP) is 4.33. The Labute approximate surface area is 188 Å². The molecule has 0 rings (SSSR count). The number of aliphatic hydroxyl groups is 1. The molecule has 0 aromatic carbocycles. The highest BCUT2D eigenvalue weighted by molar-refractivity contribution is 14.1. The Morgan fingerprint density at radius 1 is 0.926 bits per heavy atom. The molecule has 0 aliphatic heterocycles. The third-order valence-corrected chi connectivity index (χ3v) is 7.91. The number of alkyl halides is 3. The second-order valence-corrected chi connectivity index (χ2v) is 8.55. The van der Waals surface area contributed by atoms with Crippen LogP contribution in [0.4, 0.5) is 0 Å². The van der Waals surface area contributed by atoms with E-state index in [-0.39, 0.29) is 12.3 Å². The Balaban J connectivity index is 3.74. The van der Waals surface area contributed by atoms with E-state index >= 15 is 0 Å². The van der Waals surface area contributed by atoms with Crippen molar-refractivity contribution >= 4 is 62.1 Å². The lowest BCUT2D eigenvalue weighted by Crippen LogP contribution is -2.37.